The van der Waals surface area contributed by atoms with Gasteiger partial charge in [0, 0.05) is 13.1 Å². The summed E-state index contributed by atoms with van der Waals surface area (Å²) in [6.07, 6.45) is 0.637. The van der Waals surface area contributed by atoms with Crippen molar-refractivity contribution < 1.29 is 19.3 Å². The molecule has 0 aliphatic rings. The Kier molecular flexibility index (Phi) is 10.9. The number of aliphatic hydroxyl groups is 2. The molecule has 6 heteroatoms. The number of nitrogens with zero attached hydrogens (tertiary/aromatic N) is 1. The average molecular weight is 239 g/mol. The Labute approximate surface area is 92.9 Å². The lowest BCUT2D eigenvalue weighted by atomic mass is 10.5. The van der Waals surface area contributed by atoms with Crippen LogP contribution in [0.2, 0.25) is 0 Å². The molecule has 2 N–H and O–H groups in total. The molecular weight excluding hydrogens is 217 g/mol. The summed E-state index contributed by atoms with van der Waals surface area (Å²) in [5.74, 6) is 0. The molecule has 0 atom stereocenters. The fourth-order valence-corrected chi connectivity index (χ4v) is 2.53. The van der Waals surface area contributed by atoms with Crippen LogP contribution in [0.25, 0.3) is 0 Å². The molecule has 0 amide bonds. The van der Waals surface area contributed by atoms with Gasteiger partial charge in [-0.2, -0.15) is 0 Å². The third-order valence-corrected chi connectivity index (χ3v) is 3.42. The van der Waals surface area contributed by atoms with E-state index in [0.29, 0.717) is 32.6 Å². The first-order chi connectivity index (χ1) is 7.28. The Morgan fingerprint density at radius 1 is 1.00 bits per heavy atom. The van der Waals surface area contributed by atoms with Crippen molar-refractivity contribution >= 4 is 8.38 Å². The van der Waals surface area contributed by atoms with Gasteiger partial charge in [-0.1, -0.05) is 0 Å². The van der Waals surface area contributed by atoms with Crippen LogP contribution in [0.5, 0.6) is 0 Å². The number of rotatable bonds is 10. The summed E-state index contributed by atoms with van der Waals surface area (Å²) in [7, 11) is -0.920. The van der Waals surface area contributed by atoms with Crippen molar-refractivity contribution in [1.29, 1.82) is 0 Å². The molecule has 0 bridgehead atoms. The molecule has 0 saturated carbocycles. The maximum Gasteiger partial charge on any atom is 0.185 e. The van der Waals surface area contributed by atoms with Crippen LogP contribution < -0.4 is 0 Å². The SMILES string of the molecule is CCOP(CN(CCO)CCO)OCC. The van der Waals surface area contributed by atoms with E-state index in [1.807, 2.05) is 18.7 Å². The Morgan fingerprint density at radius 3 is 1.80 bits per heavy atom. The minimum Gasteiger partial charge on any atom is -0.395 e. The lowest BCUT2D eigenvalue weighted by Crippen LogP contribution is -2.30. The van der Waals surface area contributed by atoms with E-state index >= 15 is 0 Å². The number of aliphatic hydroxyl groups excluding tert-OH is 2. The van der Waals surface area contributed by atoms with Gasteiger partial charge in [-0.05, 0) is 13.8 Å². The molecule has 0 fully saturated rings. The van der Waals surface area contributed by atoms with Crippen molar-refractivity contribution in [2.24, 2.45) is 0 Å². The highest BCUT2D eigenvalue weighted by molar-refractivity contribution is 7.47. The monoisotopic (exact) mass is 239 g/mol. The fourth-order valence-electron chi connectivity index (χ4n) is 1.11. The van der Waals surface area contributed by atoms with Gasteiger partial charge >= 0.3 is 0 Å². The van der Waals surface area contributed by atoms with Crippen molar-refractivity contribution in [3.05, 3.63) is 0 Å². The summed E-state index contributed by atoms with van der Waals surface area (Å²) in [5, 5.41) is 17.7. The second-order valence-electron chi connectivity index (χ2n) is 2.87. The molecule has 0 aromatic heterocycles. The van der Waals surface area contributed by atoms with E-state index < -0.39 is 8.38 Å². The number of hydrogen-bond donors (Lipinski definition) is 2. The van der Waals surface area contributed by atoms with Crippen molar-refractivity contribution in [1.82, 2.24) is 4.90 Å². The third-order valence-electron chi connectivity index (χ3n) is 1.69. The summed E-state index contributed by atoms with van der Waals surface area (Å²) in [5.41, 5.74) is 0. The van der Waals surface area contributed by atoms with E-state index in [4.69, 9.17) is 19.3 Å². The lowest BCUT2D eigenvalue weighted by molar-refractivity contribution is 0.167. The van der Waals surface area contributed by atoms with E-state index in [2.05, 4.69) is 0 Å². The van der Waals surface area contributed by atoms with Crippen LogP contribution in [-0.2, 0) is 9.05 Å². The lowest BCUT2D eigenvalue weighted by Gasteiger charge is -2.24. The minimum atomic E-state index is -0.920. The first kappa shape index (κ1) is 15.2. The first-order valence-electron chi connectivity index (χ1n) is 5.25. The van der Waals surface area contributed by atoms with Gasteiger partial charge in [0.05, 0.1) is 32.7 Å². The molecule has 5 nitrogen and oxygen atoms in total. The van der Waals surface area contributed by atoms with Crippen LogP contribution in [0.4, 0.5) is 0 Å². The van der Waals surface area contributed by atoms with Crippen LogP contribution >= 0.6 is 8.38 Å². The zero-order valence-electron chi connectivity index (χ0n) is 9.56. The van der Waals surface area contributed by atoms with Crippen molar-refractivity contribution in [2.75, 3.05) is 45.8 Å². The van der Waals surface area contributed by atoms with Gasteiger partial charge in [0.1, 0.15) is 0 Å². The van der Waals surface area contributed by atoms with Crippen molar-refractivity contribution in [3.8, 4) is 0 Å². The molecule has 0 radical (unpaired) electrons. The van der Waals surface area contributed by atoms with E-state index in [1.54, 1.807) is 0 Å². The second-order valence-corrected chi connectivity index (χ2v) is 4.34. The minimum absolute atomic E-state index is 0.0847. The second kappa shape index (κ2) is 10.7. The first-order valence-corrected chi connectivity index (χ1v) is 6.62. The summed E-state index contributed by atoms with van der Waals surface area (Å²) in [6, 6.07) is 0. The largest absolute Gasteiger partial charge is 0.395 e. The smallest absolute Gasteiger partial charge is 0.185 e. The number of hydrogen-bond acceptors (Lipinski definition) is 5. The van der Waals surface area contributed by atoms with Gasteiger partial charge in [-0.3, -0.25) is 4.90 Å². The Bertz CT molecular complexity index is 113. The van der Waals surface area contributed by atoms with Gasteiger partial charge in [0.15, 0.2) is 8.38 Å². The standard InChI is InChI=1S/C9H22NO4P/c1-3-13-15(14-4-2)9-10(5-7-11)6-8-12/h11-12H,3-9H2,1-2H3. The van der Waals surface area contributed by atoms with Gasteiger partial charge < -0.3 is 19.3 Å². The zero-order valence-corrected chi connectivity index (χ0v) is 10.4. The molecular formula is C9H22NO4P. The summed E-state index contributed by atoms with van der Waals surface area (Å²) >= 11 is 0. The van der Waals surface area contributed by atoms with Crippen LogP contribution in [0.15, 0.2) is 0 Å². The Hall–Kier alpha value is 0.230. The highest BCUT2D eigenvalue weighted by atomic mass is 31.2. The fraction of sp³-hybridized carbons (Fsp3) is 1.00. The van der Waals surface area contributed by atoms with E-state index in [9.17, 15) is 0 Å². The van der Waals surface area contributed by atoms with Gasteiger partial charge in [0.25, 0.3) is 0 Å². The maximum absolute atomic E-state index is 8.84. The third kappa shape index (κ3) is 8.08. The maximum atomic E-state index is 8.84. The normalized spacial score (nSPS) is 11.6. The van der Waals surface area contributed by atoms with Crippen molar-refractivity contribution in [2.45, 2.75) is 13.8 Å². The molecule has 0 aromatic rings. The van der Waals surface area contributed by atoms with E-state index in [-0.39, 0.29) is 13.2 Å². The highest BCUT2D eigenvalue weighted by Gasteiger charge is 2.14. The van der Waals surface area contributed by atoms with Gasteiger partial charge in [-0.25, -0.2) is 0 Å². The molecule has 0 aliphatic heterocycles. The van der Waals surface area contributed by atoms with E-state index in [0.717, 1.165) is 0 Å². The predicted octanol–water partition coefficient (Wildman–Crippen LogP) is 0.615. The predicted molar refractivity (Wildman–Crippen MR) is 60.8 cm³/mol. The molecule has 15 heavy (non-hydrogen) atoms. The van der Waals surface area contributed by atoms with Crippen molar-refractivity contribution in [3.63, 3.8) is 0 Å². The van der Waals surface area contributed by atoms with Crippen LogP contribution in [0, 0.1) is 0 Å². The summed E-state index contributed by atoms with van der Waals surface area (Å²) < 4.78 is 10.9. The van der Waals surface area contributed by atoms with Crippen LogP contribution in [0.3, 0.4) is 0 Å². The molecule has 0 unspecified atom stereocenters. The van der Waals surface area contributed by atoms with Gasteiger partial charge in [0.2, 0.25) is 0 Å². The molecule has 0 aliphatic carbocycles. The summed E-state index contributed by atoms with van der Waals surface area (Å²) in [4.78, 5) is 1.94. The Morgan fingerprint density at radius 2 is 1.47 bits per heavy atom. The van der Waals surface area contributed by atoms with Crippen LogP contribution in [0.1, 0.15) is 13.8 Å². The molecule has 0 heterocycles. The van der Waals surface area contributed by atoms with Gasteiger partial charge in [-0.15, -0.1) is 0 Å². The molecule has 0 aromatic carbocycles. The zero-order chi connectivity index (χ0) is 11.5. The molecule has 0 spiro atoms. The topological polar surface area (TPSA) is 62.2 Å². The molecule has 92 valence electrons. The van der Waals surface area contributed by atoms with Crippen LogP contribution in [-0.4, -0.2) is 60.9 Å². The Balaban J connectivity index is 3.93. The highest BCUT2D eigenvalue weighted by Crippen LogP contribution is 2.38. The quantitative estimate of drug-likeness (QED) is 0.547. The molecule has 0 rings (SSSR count). The summed E-state index contributed by atoms with van der Waals surface area (Å²) in [6.45, 7) is 6.35. The van der Waals surface area contributed by atoms with E-state index in [1.165, 1.54) is 0 Å². The average Bonchev–Trinajstić information content (AvgIpc) is 2.19. The molecule has 0 saturated heterocycles.